The average Bonchev–Trinajstić information content (AvgIpc) is 2.78. The standard InChI is InChI=1S/C14H20ClNOS/c1-14(7-4-8-18-14)10-16-9-11-12(15)5-3-6-13(11)17-2/h3,5-6,16H,4,7-10H2,1-2H3. The number of benzene rings is 1. The Morgan fingerprint density at radius 3 is 3.00 bits per heavy atom. The first-order valence-corrected chi connectivity index (χ1v) is 7.67. The molecule has 1 aliphatic heterocycles. The highest BCUT2D eigenvalue weighted by molar-refractivity contribution is 8.00. The van der Waals surface area contributed by atoms with E-state index in [4.69, 9.17) is 16.3 Å². The lowest BCUT2D eigenvalue weighted by Gasteiger charge is -2.23. The molecule has 0 spiro atoms. The molecule has 100 valence electrons. The molecule has 4 heteroatoms. The lowest BCUT2D eigenvalue weighted by atomic mass is 10.1. The van der Waals surface area contributed by atoms with Crippen molar-refractivity contribution < 1.29 is 4.74 Å². The number of thioether (sulfide) groups is 1. The van der Waals surface area contributed by atoms with Crippen molar-refractivity contribution in [1.29, 1.82) is 0 Å². The molecule has 2 rings (SSSR count). The number of hydrogen-bond donors (Lipinski definition) is 1. The van der Waals surface area contributed by atoms with E-state index in [1.54, 1.807) is 7.11 Å². The van der Waals surface area contributed by atoms with Crippen molar-refractivity contribution in [2.75, 3.05) is 19.4 Å². The van der Waals surface area contributed by atoms with E-state index in [-0.39, 0.29) is 0 Å². The van der Waals surface area contributed by atoms with Crippen LogP contribution in [0.15, 0.2) is 18.2 Å². The Morgan fingerprint density at radius 1 is 1.50 bits per heavy atom. The molecule has 0 radical (unpaired) electrons. The molecule has 1 aromatic carbocycles. The largest absolute Gasteiger partial charge is 0.496 e. The average molecular weight is 286 g/mol. The van der Waals surface area contributed by atoms with Crippen LogP contribution in [0.4, 0.5) is 0 Å². The van der Waals surface area contributed by atoms with E-state index in [2.05, 4.69) is 24.0 Å². The molecule has 1 aromatic rings. The first-order valence-electron chi connectivity index (χ1n) is 6.31. The molecule has 1 atom stereocenters. The molecule has 1 saturated heterocycles. The number of methoxy groups -OCH3 is 1. The molecule has 0 amide bonds. The Kier molecular flexibility index (Phi) is 4.82. The molecule has 2 nitrogen and oxygen atoms in total. The lowest BCUT2D eigenvalue weighted by molar-refractivity contribution is 0.406. The summed E-state index contributed by atoms with van der Waals surface area (Å²) in [5.41, 5.74) is 1.05. The van der Waals surface area contributed by atoms with E-state index in [0.717, 1.165) is 29.4 Å². The summed E-state index contributed by atoms with van der Waals surface area (Å²) in [5, 5.41) is 4.28. The minimum Gasteiger partial charge on any atom is -0.496 e. The van der Waals surface area contributed by atoms with Gasteiger partial charge in [0.25, 0.3) is 0 Å². The van der Waals surface area contributed by atoms with Crippen LogP contribution < -0.4 is 10.1 Å². The van der Waals surface area contributed by atoms with Gasteiger partial charge in [0.2, 0.25) is 0 Å². The molecule has 0 aromatic heterocycles. The Bertz CT molecular complexity index is 405. The normalized spacial score (nSPS) is 23.3. The van der Waals surface area contributed by atoms with Gasteiger partial charge in [0.15, 0.2) is 0 Å². The predicted octanol–water partition coefficient (Wildman–Crippen LogP) is 3.72. The zero-order chi connectivity index (χ0) is 13.0. The maximum absolute atomic E-state index is 6.21. The Labute approximate surface area is 118 Å². The SMILES string of the molecule is COc1cccc(Cl)c1CNCC1(C)CCCS1. The van der Waals surface area contributed by atoms with Gasteiger partial charge in [-0.25, -0.2) is 0 Å². The van der Waals surface area contributed by atoms with Gasteiger partial charge in [-0.15, -0.1) is 0 Å². The molecule has 0 aliphatic carbocycles. The second-order valence-corrected chi connectivity index (χ2v) is 7.02. The molecule has 1 fully saturated rings. The summed E-state index contributed by atoms with van der Waals surface area (Å²) < 4.78 is 5.73. The van der Waals surface area contributed by atoms with E-state index < -0.39 is 0 Å². The molecule has 1 aliphatic rings. The number of halogens is 1. The van der Waals surface area contributed by atoms with Gasteiger partial charge in [0, 0.05) is 28.4 Å². The predicted molar refractivity (Wildman–Crippen MR) is 79.8 cm³/mol. The minimum atomic E-state index is 0.383. The minimum absolute atomic E-state index is 0.383. The number of hydrogen-bond acceptors (Lipinski definition) is 3. The Balaban J connectivity index is 1.94. The van der Waals surface area contributed by atoms with E-state index >= 15 is 0 Å². The van der Waals surface area contributed by atoms with E-state index in [0.29, 0.717) is 4.75 Å². The third-order valence-corrected chi connectivity index (χ3v) is 5.29. The fraction of sp³-hybridized carbons (Fsp3) is 0.571. The van der Waals surface area contributed by atoms with Gasteiger partial charge >= 0.3 is 0 Å². The summed E-state index contributed by atoms with van der Waals surface area (Å²) in [4.78, 5) is 0. The van der Waals surface area contributed by atoms with Crippen molar-refractivity contribution in [3.05, 3.63) is 28.8 Å². The Morgan fingerprint density at radius 2 is 2.33 bits per heavy atom. The lowest BCUT2D eigenvalue weighted by Crippen LogP contribution is -2.32. The third kappa shape index (κ3) is 3.34. The number of nitrogens with one attached hydrogen (secondary N) is 1. The molecular formula is C14H20ClNOS. The highest BCUT2D eigenvalue weighted by Crippen LogP contribution is 2.37. The molecular weight excluding hydrogens is 266 g/mol. The Hall–Kier alpha value is -0.380. The highest BCUT2D eigenvalue weighted by atomic mass is 35.5. The first-order chi connectivity index (χ1) is 8.64. The van der Waals surface area contributed by atoms with Crippen LogP contribution in [-0.2, 0) is 6.54 Å². The van der Waals surface area contributed by atoms with Crippen LogP contribution in [0.1, 0.15) is 25.3 Å². The summed E-state index contributed by atoms with van der Waals surface area (Å²) in [6.45, 7) is 4.12. The van der Waals surface area contributed by atoms with Crippen LogP contribution in [0, 0.1) is 0 Å². The molecule has 1 N–H and O–H groups in total. The number of rotatable bonds is 5. The van der Waals surface area contributed by atoms with Crippen molar-refractivity contribution in [2.24, 2.45) is 0 Å². The molecule has 1 heterocycles. The van der Waals surface area contributed by atoms with Gasteiger partial charge in [-0.3, -0.25) is 0 Å². The highest BCUT2D eigenvalue weighted by Gasteiger charge is 2.28. The zero-order valence-electron chi connectivity index (χ0n) is 11.0. The van der Waals surface area contributed by atoms with E-state index in [9.17, 15) is 0 Å². The first kappa shape index (κ1) is 14.0. The molecule has 0 bridgehead atoms. The quantitative estimate of drug-likeness (QED) is 0.891. The van der Waals surface area contributed by atoms with Crippen molar-refractivity contribution >= 4 is 23.4 Å². The summed E-state index contributed by atoms with van der Waals surface area (Å²) in [6.07, 6.45) is 2.63. The van der Waals surface area contributed by atoms with Crippen LogP contribution in [-0.4, -0.2) is 24.2 Å². The van der Waals surface area contributed by atoms with Crippen LogP contribution >= 0.6 is 23.4 Å². The summed E-state index contributed by atoms with van der Waals surface area (Å²) in [7, 11) is 1.68. The van der Waals surface area contributed by atoms with Crippen LogP contribution in [0.5, 0.6) is 5.75 Å². The number of ether oxygens (including phenoxy) is 1. The molecule has 1 unspecified atom stereocenters. The van der Waals surface area contributed by atoms with Crippen LogP contribution in [0.2, 0.25) is 5.02 Å². The maximum Gasteiger partial charge on any atom is 0.124 e. The van der Waals surface area contributed by atoms with Gasteiger partial charge in [0.05, 0.1) is 7.11 Å². The van der Waals surface area contributed by atoms with Crippen LogP contribution in [0.3, 0.4) is 0 Å². The van der Waals surface area contributed by atoms with Gasteiger partial charge < -0.3 is 10.1 Å². The van der Waals surface area contributed by atoms with E-state index in [1.807, 2.05) is 18.2 Å². The van der Waals surface area contributed by atoms with Gasteiger partial charge in [-0.1, -0.05) is 17.7 Å². The van der Waals surface area contributed by atoms with E-state index in [1.165, 1.54) is 18.6 Å². The smallest absolute Gasteiger partial charge is 0.124 e. The van der Waals surface area contributed by atoms with Gasteiger partial charge in [-0.05, 0) is 37.7 Å². The fourth-order valence-corrected chi connectivity index (χ4v) is 3.84. The van der Waals surface area contributed by atoms with Gasteiger partial charge in [-0.2, -0.15) is 11.8 Å². The van der Waals surface area contributed by atoms with Crippen LogP contribution in [0.25, 0.3) is 0 Å². The summed E-state index contributed by atoms with van der Waals surface area (Å²) in [5.74, 6) is 2.15. The van der Waals surface area contributed by atoms with Crippen molar-refractivity contribution in [2.45, 2.75) is 31.1 Å². The third-order valence-electron chi connectivity index (χ3n) is 3.40. The van der Waals surface area contributed by atoms with Crippen molar-refractivity contribution in [1.82, 2.24) is 5.32 Å². The topological polar surface area (TPSA) is 21.3 Å². The van der Waals surface area contributed by atoms with Crippen molar-refractivity contribution in [3.8, 4) is 5.75 Å². The molecule has 18 heavy (non-hydrogen) atoms. The summed E-state index contributed by atoms with van der Waals surface area (Å²) in [6, 6.07) is 5.78. The fourth-order valence-electron chi connectivity index (χ4n) is 2.33. The second-order valence-electron chi connectivity index (χ2n) is 4.93. The zero-order valence-corrected chi connectivity index (χ0v) is 12.5. The summed E-state index contributed by atoms with van der Waals surface area (Å²) >= 11 is 8.28. The second kappa shape index (κ2) is 6.18. The monoisotopic (exact) mass is 285 g/mol. The molecule has 0 saturated carbocycles. The van der Waals surface area contributed by atoms with Crippen molar-refractivity contribution in [3.63, 3.8) is 0 Å². The maximum atomic E-state index is 6.21. The van der Waals surface area contributed by atoms with Gasteiger partial charge in [0.1, 0.15) is 5.75 Å².